The molecule has 98 valence electrons. The van der Waals surface area contributed by atoms with E-state index in [1.807, 2.05) is 26.0 Å². The smallest absolute Gasteiger partial charge is 0.311 e. The van der Waals surface area contributed by atoms with E-state index in [1.54, 1.807) is 0 Å². The van der Waals surface area contributed by atoms with Crippen LogP contribution in [0.4, 0.5) is 5.69 Å². The minimum absolute atomic E-state index is 0.382. The molecule has 3 heteroatoms. The molecule has 2 atom stereocenters. The number of fused-ring (bicyclic) bond motifs is 1. The number of nitrogens with zero attached hydrogens (tertiary/aromatic N) is 1. The largest absolute Gasteiger partial charge is 0.481 e. The van der Waals surface area contributed by atoms with Crippen LogP contribution in [0.15, 0.2) is 24.3 Å². The normalized spacial score (nSPS) is 21.5. The first kappa shape index (κ1) is 12.9. The number of carboxylic acid groups (broad SMARTS) is 1. The predicted octanol–water partition coefficient (Wildman–Crippen LogP) is 2.94. The third-order valence-electron chi connectivity index (χ3n) is 4.16. The Morgan fingerprint density at radius 2 is 2.17 bits per heavy atom. The van der Waals surface area contributed by atoms with Crippen molar-refractivity contribution in [2.24, 2.45) is 5.41 Å². The van der Waals surface area contributed by atoms with Crippen molar-refractivity contribution in [3.8, 4) is 0 Å². The molecule has 1 aromatic carbocycles. The topological polar surface area (TPSA) is 40.5 Å². The van der Waals surface area contributed by atoms with Crippen LogP contribution in [-0.4, -0.2) is 23.7 Å². The van der Waals surface area contributed by atoms with Gasteiger partial charge in [-0.05, 0) is 38.3 Å². The number of anilines is 1. The standard InChI is InChI=1S/C15H21NO2/c1-4-15(3,14(17)18)10-16-11(2)9-12-7-5-6-8-13(12)16/h5-8,11H,4,9-10H2,1-3H3,(H,17,18). The summed E-state index contributed by atoms with van der Waals surface area (Å²) >= 11 is 0. The lowest BCUT2D eigenvalue weighted by Gasteiger charge is -2.33. The second-order valence-corrected chi connectivity index (χ2v) is 5.53. The predicted molar refractivity (Wildman–Crippen MR) is 73.0 cm³/mol. The lowest BCUT2D eigenvalue weighted by Crippen LogP contribution is -2.43. The van der Waals surface area contributed by atoms with Crippen LogP contribution in [0.1, 0.15) is 32.8 Å². The number of aliphatic carboxylic acids is 1. The molecule has 0 amide bonds. The van der Waals surface area contributed by atoms with Crippen molar-refractivity contribution in [2.75, 3.05) is 11.4 Å². The van der Waals surface area contributed by atoms with E-state index in [2.05, 4.69) is 24.0 Å². The fraction of sp³-hybridized carbons (Fsp3) is 0.533. The van der Waals surface area contributed by atoms with Gasteiger partial charge in [-0.15, -0.1) is 0 Å². The molecular formula is C15H21NO2. The Bertz CT molecular complexity index is 458. The molecule has 1 heterocycles. The highest BCUT2D eigenvalue weighted by atomic mass is 16.4. The zero-order chi connectivity index (χ0) is 13.3. The van der Waals surface area contributed by atoms with Crippen molar-refractivity contribution >= 4 is 11.7 Å². The summed E-state index contributed by atoms with van der Waals surface area (Å²) in [5.74, 6) is -0.707. The summed E-state index contributed by atoms with van der Waals surface area (Å²) in [5, 5.41) is 9.40. The molecule has 1 aromatic rings. The number of para-hydroxylation sites is 1. The molecule has 0 aliphatic carbocycles. The van der Waals surface area contributed by atoms with Gasteiger partial charge in [0.2, 0.25) is 0 Å². The minimum atomic E-state index is -0.707. The molecule has 0 aromatic heterocycles. The number of carbonyl (C=O) groups is 1. The third kappa shape index (κ3) is 2.09. The highest BCUT2D eigenvalue weighted by Crippen LogP contribution is 2.35. The van der Waals surface area contributed by atoms with E-state index in [0.717, 1.165) is 6.42 Å². The van der Waals surface area contributed by atoms with Crippen LogP contribution in [-0.2, 0) is 11.2 Å². The fourth-order valence-electron chi connectivity index (χ4n) is 2.58. The first-order valence-electron chi connectivity index (χ1n) is 6.56. The van der Waals surface area contributed by atoms with Gasteiger partial charge in [0.05, 0.1) is 5.41 Å². The Labute approximate surface area is 108 Å². The van der Waals surface area contributed by atoms with Crippen LogP contribution in [0.25, 0.3) is 0 Å². The minimum Gasteiger partial charge on any atom is -0.481 e. The van der Waals surface area contributed by atoms with Gasteiger partial charge in [-0.3, -0.25) is 4.79 Å². The molecule has 3 nitrogen and oxygen atoms in total. The number of carboxylic acids is 1. The number of hydrogen-bond acceptors (Lipinski definition) is 2. The van der Waals surface area contributed by atoms with Gasteiger partial charge < -0.3 is 10.0 Å². The first-order valence-corrected chi connectivity index (χ1v) is 6.56. The van der Waals surface area contributed by atoms with Gasteiger partial charge in [-0.1, -0.05) is 25.1 Å². The van der Waals surface area contributed by atoms with E-state index in [4.69, 9.17) is 0 Å². The average molecular weight is 247 g/mol. The maximum Gasteiger partial charge on any atom is 0.311 e. The van der Waals surface area contributed by atoms with E-state index >= 15 is 0 Å². The van der Waals surface area contributed by atoms with E-state index in [-0.39, 0.29) is 0 Å². The molecule has 2 unspecified atom stereocenters. The lowest BCUT2D eigenvalue weighted by atomic mass is 9.87. The average Bonchev–Trinajstić information content (AvgIpc) is 2.65. The molecule has 0 radical (unpaired) electrons. The fourth-order valence-corrected chi connectivity index (χ4v) is 2.58. The van der Waals surface area contributed by atoms with E-state index < -0.39 is 11.4 Å². The molecule has 18 heavy (non-hydrogen) atoms. The van der Waals surface area contributed by atoms with Crippen LogP contribution in [0.3, 0.4) is 0 Å². The Balaban J connectivity index is 2.27. The molecule has 1 N–H and O–H groups in total. The summed E-state index contributed by atoms with van der Waals surface area (Å²) < 4.78 is 0. The van der Waals surface area contributed by atoms with Crippen molar-refractivity contribution in [3.05, 3.63) is 29.8 Å². The summed E-state index contributed by atoms with van der Waals surface area (Å²) in [6.45, 7) is 6.53. The summed E-state index contributed by atoms with van der Waals surface area (Å²) in [6, 6.07) is 8.68. The van der Waals surface area contributed by atoms with Crippen molar-refractivity contribution in [1.82, 2.24) is 0 Å². The van der Waals surface area contributed by atoms with Gasteiger partial charge in [-0.25, -0.2) is 0 Å². The molecule has 0 spiro atoms. The quantitative estimate of drug-likeness (QED) is 0.889. The molecule has 2 rings (SSSR count). The summed E-state index contributed by atoms with van der Waals surface area (Å²) in [7, 11) is 0. The van der Waals surface area contributed by atoms with Crippen LogP contribution in [0, 0.1) is 5.41 Å². The molecule has 1 aliphatic heterocycles. The van der Waals surface area contributed by atoms with E-state index in [9.17, 15) is 9.90 Å². The van der Waals surface area contributed by atoms with Gasteiger partial charge >= 0.3 is 5.97 Å². The SMILES string of the molecule is CCC(C)(CN1c2ccccc2CC1C)C(=O)O. The molecule has 0 fully saturated rings. The van der Waals surface area contributed by atoms with Gasteiger partial charge in [0.15, 0.2) is 0 Å². The Hall–Kier alpha value is -1.51. The van der Waals surface area contributed by atoms with Gasteiger partial charge in [0.1, 0.15) is 0 Å². The van der Waals surface area contributed by atoms with Crippen molar-refractivity contribution in [2.45, 2.75) is 39.7 Å². The van der Waals surface area contributed by atoms with Crippen molar-refractivity contribution < 1.29 is 9.90 Å². The summed E-state index contributed by atoms with van der Waals surface area (Å²) in [4.78, 5) is 13.7. The number of benzene rings is 1. The maximum atomic E-state index is 11.4. The summed E-state index contributed by atoms with van der Waals surface area (Å²) in [5.41, 5.74) is 1.85. The van der Waals surface area contributed by atoms with Crippen molar-refractivity contribution in [3.63, 3.8) is 0 Å². The lowest BCUT2D eigenvalue weighted by molar-refractivity contribution is -0.147. The van der Waals surface area contributed by atoms with Crippen LogP contribution >= 0.6 is 0 Å². The maximum absolute atomic E-state index is 11.4. The molecular weight excluding hydrogens is 226 g/mol. The highest BCUT2D eigenvalue weighted by Gasteiger charge is 2.37. The molecule has 0 saturated heterocycles. The van der Waals surface area contributed by atoms with Gasteiger partial charge in [0, 0.05) is 18.3 Å². The Kier molecular flexibility index (Phi) is 3.33. The molecule has 0 bridgehead atoms. The van der Waals surface area contributed by atoms with Gasteiger partial charge in [0.25, 0.3) is 0 Å². The monoisotopic (exact) mass is 247 g/mol. The van der Waals surface area contributed by atoms with Crippen LogP contribution in [0.2, 0.25) is 0 Å². The van der Waals surface area contributed by atoms with Crippen LogP contribution < -0.4 is 4.90 Å². The zero-order valence-corrected chi connectivity index (χ0v) is 11.3. The van der Waals surface area contributed by atoms with Gasteiger partial charge in [-0.2, -0.15) is 0 Å². The molecule has 1 aliphatic rings. The zero-order valence-electron chi connectivity index (χ0n) is 11.3. The number of rotatable bonds is 4. The van der Waals surface area contributed by atoms with E-state index in [0.29, 0.717) is 19.0 Å². The second-order valence-electron chi connectivity index (χ2n) is 5.53. The molecule has 0 saturated carbocycles. The Morgan fingerprint density at radius 1 is 1.50 bits per heavy atom. The first-order chi connectivity index (χ1) is 8.48. The third-order valence-corrected chi connectivity index (χ3v) is 4.16. The Morgan fingerprint density at radius 3 is 2.78 bits per heavy atom. The second kappa shape index (κ2) is 4.63. The van der Waals surface area contributed by atoms with Crippen molar-refractivity contribution in [1.29, 1.82) is 0 Å². The van der Waals surface area contributed by atoms with Crippen LogP contribution in [0.5, 0.6) is 0 Å². The summed E-state index contributed by atoms with van der Waals surface area (Å²) in [6.07, 6.45) is 1.66. The number of hydrogen-bond donors (Lipinski definition) is 1. The highest BCUT2D eigenvalue weighted by molar-refractivity contribution is 5.75. The van der Waals surface area contributed by atoms with E-state index in [1.165, 1.54) is 11.3 Å².